The van der Waals surface area contributed by atoms with Gasteiger partial charge in [-0.2, -0.15) is 16.8 Å². The number of aliphatic hydroxyl groups excluding tert-OH is 2. The largest absolute Gasteiger partial charge is 0.491 e. The fourth-order valence-corrected chi connectivity index (χ4v) is 2.76. The summed E-state index contributed by atoms with van der Waals surface area (Å²) in [5.41, 5.74) is 0. The first-order chi connectivity index (χ1) is 10.9. The van der Waals surface area contributed by atoms with Crippen molar-refractivity contribution >= 4 is 79.4 Å². The van der Waals surface area contributed by atoms with Crippen molar-refractivity contribution in [3.05, 3.63) is 24.3 Å². The summed E-state index contributed by atoms with van der Waals surface area (Å²) in [5, 5.41) is 18.7. The smallest absolute Gasteiger partial charge is 0.267 e. The molecule has 0 aliphatic heterocycles. The third-order valence-electron chi connectivity index (χ3n) is 2.51. The Morgan fingerprint density at radius 2 is 1.00 bits per heavy atom. The molecule has 0 heterocycles. The molecule has 0 spiro atoms. The van der Waals surface area contributed by atoms with Crippen LogP contribution in [-0.4, -0.2) is 132 Å². The molecule has 2 atom stereocenters. The summed E-state index contributed by atoms with van der Waals surface area (Å²) in [4.78, 5) is 0. The summed E-state index contributed by atoms with van der Waals surface area (Å²) in [6, 6.07) is 5.74. The van der Waals surface area contributed by atoms with E-state index >= 15 is 0 Å². The van der Waals surface area contributed by atoms with E-state index in [-0.39, 0.29) is 83.8 Å². The van der Waals surface area contributed by atoms with Crippen molar-refractivity contribution in [1.29, 1.82) is 0 Å². The Morgan fingerprint density at radius 3 is 1.23 bits per heavy atom. The van der Waals surface area contributed by atoms with Crippen LogP contribution >= 0.6 is 0 Å². The molecular formula is C12H18Na2O10S2. The second-order valence-corrected chi connectivity index (χ2v) is 7.89. The van der Waals surface area contributed by atoms with Crippen LogP contribution in [0.5, 0.6) is 11.5 Å². The van der Waals surface area contributed by atoms with Crippen molar-refractivity contribution < 1.29 is 45.6 Å². The Hall–Kier alpha value is 0.560. The third kappa shape index (κ3) is 14.6. The van der Waals surface area contributed by atoms with Crippen LogP contribution in [-0.2, 0) is 20.2 Å². The number of rotatable bonds is 10. The van der Waals surface area contributed by atoms with E-state index in [0.29, 0.717) is 0 Å². The normalized spacial score (nSPS) is 13.7. The van der Waals surface area contributed by atoms with Crippen molar-refractivity contribution in [1.82, 2.24) is 0 Å². The summed E-state index contributed by atoms with van der Waals surface area (Å²) in [6.07, 6.45) is -2.79. The minimum atomic E-state index is -4.30. The second-order valence-electron chi connectivity index (χ2n) is 4.90. The number of hydrogen-bond acceptors (Lipinski definition) is 8. The number of aliphatic hydroxyl groups is 2. The predicted molar refractivity (Wildman–Crippen MR) is 93.8 cm³/mol. The van der Waals surface area contributed by atoms with Gasteiger partial charge < -0.3 is 19.7 Å². The Bertz CT molecular complexity index is 658. The first-order valence-electron chi connectivity index (χ1n) is 6.57. The van der Waals surface area contributed by atoms with Crippen LogP contribution in [0.15, 0.2) is 24.3 Å². The quantitative estimate of drug-likeness (QED) is 0.244. The zero-order valence-electron chi connectivity index (χ0n) is 14.3. The van der Waals surface area contributed by atoms with Crippen molar-refractivity contribution in [2.24, 2.45) is 0 Å². The van der Waals surface area contributed by atoms with Crippen LogP contribution in [0.4, 0.5) is 0 Å². The molecular weight excluding hydrogens is 414 g/mol. The number of hydrogen-bond donors (Lipinski definition) is 4. The molecule has 0 aliphatic carbocycles. The molecule has 0 saturated carbocycles. The molecule has 10 nitrogen and oxygen atoms in total. The average molecular weight is 432 g/mol. The molecule has 0 aromatic heterocycles. The van der Waals surface area contributed by atoms with Gasteiger partial charge in [-0.15, -0.1) is 0 Å². The van der Waals surface area contributed by atoms with E-state index in [1.54, 1.807) is 0 Å². The van der Waals surface area contributed by atoms with E-state index in [1.165, 1.54) is 24.3 Å². The Labute approximate surface area is 196 Å². The number of benzene rings is 1. The van der Waals surface area contributed by atoms with Gasteiger partial charge in [0.15, 0.2) is 0 Å². The maximum Gasteiger partial charge on any atom is 0.267 e. The minimum Gasteiger partial charge on any atom is -0.491 e. The van der Waals surface area contributed by atoms with Crippen molar-refractivity contribution in [2.45, 2.75) is 12.2 Å². The summed E-state index contributed by atoms with van der Waals surface area (Å²) >= 11 is 0. The maximum absolute atomic E-state index is 10.6. The molecule has 2 radical (unpaired) electrons. The summed E-state index contributed by atoms with van der Waals surface area (Å²) in [5.74, 6) is -1.12. The fourth-order valence-electron chi connectivity index (χ4n) is 1.60. The van der Waals surface area contributed by atoms with E-state index in [9.17, 15) is 27.0 Å². The second kappa shape index (κ2) is 12.9. The van der Waals surface area contributed by atoms with Crippen molar-refractivity contribution in [3.8, 4) is 11.5 Å². The van der Waals surface area contributed by atoms with E-state index in [0.717, 1.165) is 0 Å². The van der Waals surface area contributed by atoms with Gasteiger partial charge in [-0.1, -0.05) is 0 Å². The molecule has 0 fully saturated rings. The average Bonchev–Trinajstić information content (AvgIpc) is 2.40. The van der Waals surface area contributed by atoms with Gasteiger partial charge in [-0.25, -0.2) is 0 Å². The van der Waals surface area contributed by atoms with Crippen LogP contribution in [0.25, 0.3) is 0 Å². The molecule has 4 N–H and O–H groups in total. The SMILES string of the molecule is O=S(=O)(O)CC(O)COc1ccc(OCC(O)CS(=O)(=O)O)cc1.[Na].[Na]. The van der Waals surface area contributed by atoms with Crippen molar-refractivity contribution in [3.63, 3.8) is 0 Å². The van der Waals surface area contributed by atoms with Crippen LogP contribution in [0, 0.1) is 0 Å². The number of ether oxygens (including phenoxy) is 2. The zero-order chi connectivity index (χ0) is 18.4. The van der Waals surface area contributed by atoms with E-state index in [4.69, 9.17) is 18.6 Å². The summed E-state index contributed by atoms with van der Waals surface area (Å²) < 4.78 is 69.6. The van der Waals surface area contributed by atoms with Gasteiger partial charge in [-0.3, -0.25) is 9.11 Å². The standard InChI is InChI=1S/C12H18O10S2.2Na/c13-9(7-23(15,16)17)5-21-11-1-2-12(4-3-11)22-6-10(14)8-24(18,19)20;;/h1-4,9-10,13-14H,5-8H2,(H,15,16,17)(H,18,19,20);;. The Morgan fingerprint density at radius 1 is 0.731 bits per heavy atom. The monoisotopic (exact) mass is 432 g/mol. The van der Waals surface area contributed by atoms with E-state index in [2.05, 4.69) is 0 Å². The van der Waals surface area contributed by atoms with Crippen LogP contribution < -0.4 is 9.47 Å². The first kappa shape index (κ1) is 28.8. The van der Waals surface area contributed by atoms with Gasteiger partial charge in [0, 0.05) is 59.1 Å². The molecule has 0 saturated heterocycles. The van der Waals surface area contributed by atoms with Gasteiger partial charge in [0.2, 0.25) is 0 Å². The fraction of sp³-hybridized carbons (Fsp3) is 0.500. The Balaban J connectivity index is 0. The van der Waals surface area contributed by atoms with E-state index in [1.807, 2.05) is 0 Å². The summed E-state index contributed by atoms with van der Waals surface area (Å²) in [6.45, 7) is -0.708. The van der Waals surface area contributed by atoms with Crippen LogP contribution in [0.3, 0.4) is 0 Å². The molecule has 0 amide bonds. The molecule has 1 aromatic rings. The summed E-state index contributed by atoms with van der Waals surface area (Å²) in [7, 11) is -8.59. The first-order valence-corrected chi connectivity index (χ1v) is 9.78. The van der Waals surface area contributed by atoms with Gasteiger partial charge in [0.25, 0.3) is 20.2 Å². The third-order valence-corrected chi connectivity index (χ3v) is 4.13. The molecule has 1 rings (SSSR count). The molecule has 26 heavy (non-hydrogen) atoms. The molecule has 14 heteroatoms. The van der Waals surface area contributed by atoms with Crippen LogP contribution in [0.1, 0.15) is 0 Å². The molecule has 1 aromatic carbocycles. The molecule has 0 bridgehead atoms. The van der Waals surface area contributed by atoms with Crippen molar-refractivity contribution in [2.75, 3.05) is 24.7 Å². The van der Waals surface area contributed by atoms with Gasteiger partial charge in [0.1, 0.15) is 48.4 Å². The van der Waals surface area contributed by atoms with Gasteiger partial charge in [0.05, 0.1) is 0 Å². The molecule has 2 unspecified atom stereocenters. The topological polar surface area (TPSA) is 168 Å². The van der Waals surface area contributed by atoms with Gasteiger partial charge >= 0.3 is 0 Å². The maximum atomic E-state index is 10.6. The molecule has 140 valence electrons. The predicted octanol–water partition coefficient (Wildman–Crippen LogP) is -1.82. The Kier molecular flexibility index (Phi) is 14.3. The minimum absolute atomic E-state index is 0. The molecule has 0 aliphatic rings. The van der Waals surface area contributed by atoms with E-state index < -0.39 is 43.9 Å². The zero-order valence-corrected chi connectivity index (χ0v) is 20.0. The van der Waals surface area contributed by atoms with Gasteiger partial charge in [-0.05, 0) is 24.3 Å². The van der Waals surface area contributed by atoms with Crippen LogP contribution in [0.2, 0.25) is 0 Å².